The van der Waals surface area contributed by atoms with E-state index in [2.05, 4.69) is 20.9 Å². The summed E-state index contributed by atoms with van der Waals surface area (Å²) in [5.74, 6) is -0.339. The van der Waals surface area contributed by atoms with Crippen molar-refractivity contribution in [3.8, 4) is 11.5 Å². The van der Waals surface area contributed by atoms with Crippen molar-refractivity contribution in [1.82, 2.24) is 4.57 Å². The van der Waals surface area contributed by atoms with Crippen LogP contribution in [0, 0.1) is 0 Å². The number of fused-ring (bicyclic) bond motifs is 1. The van der Waals surface area contributed by atoms with Gasteiger partial charge < -0.3 is 14.2 Å². The van der Waals surface area contributed by atoms with Gasteiger partial charge in [-0.15, -0.1) is 11.8 Å². The zero-order valence-corrected chi connectivity index (χ0v) is 25.3. The number of hydrogen-bond donors (Lipinski definition) is 0. The Kier molecular flexibility index (Phi) is 9.14. The van der Waals surface area contributed by atoms with Crippen molar-refractivity contribution in [1.29, 1.82) is 0 Å². The van der Waals surface area contributed by atoms with E-state index in [-0.39, 0.29) is 17.9 Å². The van der Waals surface area contributed by atoms with Gasteiger partial charge in [0, 0.05) is 11.8 Å². The smallest absolute Gasteiger partial charge is 0.338 e. The zero-order chi connectivity index (χ0) is 28.3. The summed E-state index contributed by atoms with van der Waals surface area (Å²) >= 11 is 6.29. The highest BCUT2D eigenvalue weighted by atomic mass is 79.9. The van der Waals surface area contributed by atoms with Crippen molar-refractivity contribution in [2.24, 2.45) is 4.99 Å². The fourth-order valence-electron chi connectivity index (χ4n) is 4.22. The molecule has 0 saturated carbocycles. The average Bonchev–Trinajstić information content (AvgIpc) is 3.19. The lowest BCUT2D eigenvalue weighted by Gasteiger charge is -2.24. The minimum Gasteiger partial charge on any atom is -0.490 e. The van der Waals surface area contributed by atoms with Crippen molar-refractivity contribution in [3.05, 3.63) is 83.0 Å². The van der Waals surface area contributed by atoms with E-state index in [0.717, 1.165) is 10.5 Å². The monoisotopic (exact) mass is 630 g/mol. The summed E-state index contributed by atoms with van der Waals surface area (Å²) in [5, 5.41) is 0. The maximum Gasteiger partial charge on any atom is 0.338 e. The van der Waals surface area contributed by atoms with Gasteiger partial charge in [0.15, 0.2) is 16.3 Å². The van der Waals surface area contributed by atoms with E-state index < -0.39 is 18.0 Å². The van der Waals surface area contributed by atoms with Crippen LogP contribution in [0.3, 0.4) is 0 Å². The molecule has 0 spiro atoms. The molecule has 0 saturated heterocycles. The van der Waals surface area contributed by atoms with E-state index in [1.165, 1.54) is 18.3 Å². The SMILES string of the molecule is CCOC(=O)C1=C(C)N=c2s/c(=C\c3cc(Br)c(OC(C)=O)c(OCC)c3)c(=O)n2[C@@H]1c1ccc(SC)cc1. The van der Waals surface area contributed by atoms with Crippen LogP contribution in [0.1, 0.15) is 44.9 Å². The van der Waals surface area contributed by atoms with Gasteiger partial charge in [-0.05, 0) is 84.4 Å². The number of carbonyl (C=O) groups excluding carboxylic acids is 2. The lowest BCUT2D eigenvalue weighted by Crippen LogP contribution is -2.39. The van der Waals surface area contributed by atoms with Gasteiger partial charge in [0.25, 0.3) is 5.56 Å². The first kappa shape index (κ1) is 28.8. The molecular weight excluding hydrogens is 604 g/mol. The highest BCUT2D eigenvalue weighted by molar-refractivity contribution is 9.10. The first-order valence-corrected chi connectivity index (χ1v) is 15.0. The van der Waals surface area contributed by atoms with Crippen LogP contribution in [0.25, 0.3) is 6.08 Å². The van der Waals surface area contributed by atoms with Gasteiger partial charge in [0.05, 0.1) is 39.5 Å². The predicted octanol–water partition coefficient (Wildman–Crippen LogP) is 4.61. The third kappa shape index (κ3) is 6.05. The van der Waals surface area contributed by atoms with Crippen molar-refractivity contribution < 1.29 is 23.8 Å². The normalized spacial score (nSPS) is 15.0. The lowest BCUT2D eigenvalue weighted by molar-refractivity contribution is -0.139. The first-order valence-electron chi connectivity index (χ1n) is 12.2. The molecule has 4 rings (SSSR count). The maximum absolute atomic E-state index is 13.9. The van der Waals surface area contributed by atoms with Gasteiger partial charge >= 0.3 is 11.9 Å². The predicted molar refractivity (Wildman–Crippen MR) is 155 cm³/mol. The molecule has 0 bridgehead atoms. The standard InChI is InChI=1S/C28H27BrN2O6S2/c1-6-35-21-13-17(12-20(29)25(21)37-16(4)32)14-22-26(33)31-24(18-8-10-19(38-5)11-9-18)23(27(34)36-7-2)15(3)30-28(31)39-22/h8-14,24H,6-7H2,1-5H3/b22-14-/t24-/m1/s1. The molecule has 0 fully saturated rings. The van der Waals surface area contributed by atoms with Crippen LogP contribution in [0.2, 0.25) is 0 Å². The van der Waals surface area contributed by atoms with E-state index in [4.69, 9.17) is 14.2 Å². The molecule has 0 amide bonds. The number of thioether (sulfide) groups is 1. The summed E-state index contributed by atoms with van der Waals surface area (Å²) in [6.07, 6.45) is 3.71. The Labute approximate surface area is 242 Å². The zero-order valence-electron chi connectivity index (χ0n) is 22.1. The molecule has 0 unspecified atom stereocenters. The first-order chi connectivity index (χ1) is 18.7. The molecule has 1 aliphatic heterocycles. The van der Waals surface area contributed by atoms with Crippen LogP contribution in [0.4, 0.5) is 0 Å². The summed E-state index contributed by atoms with van der Waals surface area (Å²) in [5.41, 5.74) is 2.00. The molecule has 8 nitrogen and oxygen atoms in total. The minimum atomic E-state index is -0.685. The number of nitrogens with zero attached hydrogens (tertiary/aromatic N) is 2. The number of aromatic nitrogens is 1. The molecule has 0 aliphatic carbocycles. The quantitative estimate of drug-likeness (QED) is 0.204. The molecular formula is C28H27BrN2O6S2. The Hall–Kier alpha value is -3.15. The largest absolute Gasteiger partial charge is 0.490 e. The molecule has 1 aromatic heterocycles. The van der Waals surface area contributed by atoms with Crippen LogP contribution in [0.5, 0.6) is 11.5 Å². The molecule has 1 aliphatic rings. The van der Waals surface area contributed by atoms with Gasteiger partial charge in [-0.25, -0.2) is 9.79 Å². The third-order valence-corrected chi connectivity index (χ3v) is 8.14. The molecule has 2 aromatic carbocycles. The van der Waals surface area contributed by atoms with Crippen LogP contribution < -0.4 is 24.4 Å². The summed E-state index contributed by atoms with van der Waals surface area (Å²) in [7, 11) is 0. The fraction of sp³-hybridized carbons (Fsp3) is 0.286. The Morgan fingerprint density at radius 1 is 1.18 bits per heavy atom. The number of thiazole rings is 1. The Morgan fingerprint density at radius 2 is 1.90 bits per heavy atom. The molecule has 0 radical (unpaired) electrons. The number of halogens is 1. The number of esters is 2. The van der Waals surface area contributed by atoms with Gasteiger partial charge in [-0.2, -0.15) is 0 Å². The van der Waals surface area contributed by atoms with Gasteiger partial charge in [0.2, 0.25) is 0 Å². The third-order valence-electron chi connectivity index (χ3n) is 5.82. The Bertz CT molecular complexity index is 1640. The number of carbonyl (C=O) groups is 2. The number of ether oxygens (including phenoxy) is 3. The van der Waals surface area contributed by atoms with Crippen LogP contribution >= 0.6 is 39.0 Å². The highest BCUT2D eigenvalue weighted by Crippen LogP contribution is 2.37. The van der Waals surface area contributed by atoms with E-state index in [1.807, 2.05) is 37.4 Å². The van der Waals surface area contributed by atoms with E-state index in [1.54, 1.807) is 48.4 Å². The number of benzene rings is 2. The van der Waals surface area contributed by atoms with Gasteiger partial charge in [-0.3, -0.25) is 14.2 Å². The maximum atomic E-state index is 13.9. The summed E-state index contributed by atoms with van der Waals surface area (Å²) in [6, 6.07) is 10.5. The second-order valence-corrected chi connectivity index (χ2v) is 11.2. The highest BCUT2D eigenvalue weighted by Gasteiger charge is 2.33. The molecule has 11 heteroatoms. The molecule has 3 aromatic rings. The fourth-order valence-corrected chi connectivity index (χ4v) is 6.22. The Balaban J connectivity index is 1.91. The summed E-state index contributed by atoms with van der Waals surface area (Å²) in [4.78, 5) is 44.7. The number of rotatable bonds is 8. The summed E-state index contributed by atoms with van der Waals surface area (Å²) in [6.45, 7) is 7.20. The van der Waals surface area contributed by atoms with E-state index in [0.29, 0.717) is 43.0 Å². The van der Waals surface area contributed by atoms with Crippen molar-refractivity contribution in [2.75, 3.05) is 19.5 Å². The van der Waals surface area contributed by atoms with Gasteiger partial charge in [-0.1, -0.05) is 23.5 Å². The van der Waals surface area contributed by atoms with Crippen molar-refractivity contribution in [3.63, 3.8) is 0 Å². The summed E-state index contributed by atoms with van der Waals surface area (Å²) < 4.78 is 18.9. The molecule has 2 heterocycles. The second-order valence-electron chi connectivity index (χ2n) is 8.43. The van der Waals surface area contributed by atoms with Gasteiger partial charge in [0.1, 0.15) is 0 Å². The van der Waals surface area contributed by atoms with Crippen molar-refractivity contribution in [2.45, 2.75) is 38.6 Å². The van der Waals surface area contributed by atoms with E-state index >= 15 is 0 Å². The molecule has 204 valence electrons. The second kappa shape index (κ2) is 12.4. The van der Waals surface area contributed by atoms with Crippen LogP contribution in [-0.2, 0) is 14.3 Å². The average molecular weight is 632 g/mol. The van der Waals surface area contributed by atoms with E-state index in [9.17, 15) is 14.4 Å². The van der Waals surface area contributed by atoms with Crippen LogP contribution in [-0.4, -0.2) is 36.0 Å². The minimum absolute atomic E-state index is 0.207. The number of allylic oxidation sites excluding steroid dienone is 1. The Morgan fingerprint density at radius 3 is 2.51 bits per heavy atom. The molecule has 39 heavy (non-hydrogen) atoms. The molecule has 1 atom stereocenters. The lowest BCUT2D eigenvalue weighted by atomic mass is 9.96. The van der Waals surface area contributed by atoms with Crippen LogP contribution in [0.15, 0.2) is 66.8 Å². The van der Waals surface area contributed by atoms with Crippen molar-refractivity contribution >= 4 is 57.0 Å². The topological polar surface area (TPSA) is 96.2 Å². The molecule has 0 N–H and O–H groups in total. The number of hydrogen-bond acceptors (Lipinski definition) is 9.